The molecule has 1 fully saturated rings. The van der Waals surface area contributed by atoms with Crippen LogP contribution in [0.15, 0.2) is 64.5 Å². The maximum absolute atomic E-state index is 12.4. The number of amides is 1. The van der Waals surface area contributed by atoms with Crippen molar-refractivity contribution in [1.82, 2.24) is 9.80 Å². The first kappa shape index (κ1) is 45.4. The number of nitrogens with zero attached hydrogens (tertiary/aromatic N) is 3. The van der Waals surface area contributed by atoms with Gasteiger partial charge in [0.05, 0.1) is 0 Å². The summed E-state index contributed by atoms with van der Waals surface area (Å²) in [5.41, 5.74) is 5.72. The lowest BCUT2D eigenvalue weighted by Gasteiger charge is -2.38. The number of unbranched alkanes of at least 4 members (excludes halogenated alkanes) is 1. The zero-order chi connectivity index (χ0) is 36.7. The van der Waals surface area contributed by atoms with Crippen LogP contribution in [0.5, 0.6) is 0 Å². The van der Waals surface area contributed by atoms with E-state index in [2.05, 4.69) is 85.4 Å². The zero-order valence-electron chi connectivity index (χ0n) is 32.7. The molecule has 1 aromatic rings. The largest absolute Gasteiger partial charge is 0.444 e. The third-order valence-electron chi connectivity index (χ3n) is 8.27. The highest BCUT2D eigenvalue weighted by Gasteiger charge is 2.27. The Kier molecular flexibility index (Phi) is 24.0. The van der Waals surface area contributed by atoms with Crippen LogP contribution in [-0.4, -0.2) is 65.1 Å². The summed E-state index contributed by atoms with van der Waals surface area (Å²) in [5.74, 6) is 0.971. The summed E-state index contributed by atoms with van der Waals surface area (Å²) in [4.78, 5) is 21.3. The van der Waals surface area contributed by atoms with Crippen LogP contribution in [0.2, 0.25) is 5.02 Å². The Balaban J connectivity index is 0.000000989. The van der Waals surface area contributed by atoms with Gasteiger partial charge in [0.25, 0.3) is 0 Å². The van der Waals surface area contributed by atoms with Gasteiger partial charge in [-0.1, -0.05) is 96.7 Å². The smallest absolute Gasteiger partial charge is 0.410 e. The minimum absolute atomic E-state index is 0.222. The van der Waals surface area contributed by atoms with Gasteiger partial charge < -0.3 is 19.6 Å². The summed E-state index contributed by atoms with van der Waals surface area (Å²) < 4.78 is 5.54. The van der Waals surface area contributed by atoms with E-state index in [-0.39, 0.29) is 6.09 Å². The molecule has 1 heterocycles. The topological polar surface area (TPSA) is 65.4 Å². The molecule has 0 bridgehead atoms. The molecule has 0 radical (unpaired) electrons. The first-order valence-corrected chi connectivity index (χ1v) is 18.7. The molecule has 1 aliphatic rings. The van der Waals surface area contributed by atoms with Gasteiger partial charge in [-0.25, -0.2) is 4.79 Å². The number of benzene rings is 1. The number of aliphatic hydroxyl groups excluding tert-OH is 1. The third kappa shape index (κ3) is 18.8. The summed E-state index contributed by atoms with van der Waals surface area (Å²) in [6.45, 7) is 28.4. The van der Waals surface area contributed by atoms with E-state index >= 15 is 0 Å². The van der Waals surface area contributed by atoms with Crippen LogP contribution in [-0.2, 0) is 11.2 Å². The van der Waals surface area contributed by atoms with Crippen LogP contribution >= 0.6 is 11.6 Å². The van der Waals surface area contributed by atoms with Gasteiger partial charge in [-0.05, 0) is 102 Å². The number of aliphatic hydroxyl groups is 1. The van der Waals surface area contributed by atoms with Crippen LogP contribution < -0.4 is 0 Å². The molecule has 2 rings (SSSR count). The average Bonchev–Trinajstić information content (AvgIpc) is 3.05. The molecule has 7 heteroatoms. The van der Waals surface area contributed by atoms with Gasteiger partial charge >= 0.3 is 6.09 Å². The number of carbonyl (C=O) groups is 1. The lowest BCUT2D eigenvalue weighted by molar-refractivity contribution is 0.0168. The van der Waals surface area contributed by atoms with Gasteiger partial charge in [0.2, 0.25) is 0 Å². The molecule has 2 unspecified atom stereocenters. The van der Waals surface area contributed by atoms with Gasteiger partial charge in [-0.15, -0.1) is 0 Å². The van der Waals surface area contributed by atoms with Crippen LogP contribution in [0.1, 0.15) is 127 Å². The van der Waals surface area contributed by atoms with Crippen molar-refractivity contribution in [3.8, 4) is 0 Å². The number of ether oxygens (including phenoxy) is 1. The highest BCUT2D eigenvalue weighted by atomic mass is 35.5. The molecule has 1 aliphatic heterocycles. The number of hydrogen-bond donors (Lipinski definition) is 1. The number of piperazine rings is 1. The summed E-state index contributed by atoms with van der Waals surface area (Å²) in [6.07, 6.45) is 14.0. The van der Waals surface area contributed by atoms with Crippen molar-refractivity contribution in [2.24, 2.45) is 16.8 Å². The van der Waals surface area contributed by atoms with Crippen LogP contribution in [0, 0.1) is 11.8 Å². The van der Waals surface area contributed by atoms with E-state index in [1.807, 2.05) is 50.1 Å². The van der Waals surface area contributed by atoms with Gasteiger partial charge in [0.1, 0.15) is 5.60 Å². The van der Waals surface area contributed by atoms with Crippen molar-refractivity contribution in [2.75, 3.05) is 32.8 Å². The van der Waals surface area contributed by atoms with Gasteiger partial charge in [0.15, 0.2) is 0 Å². The monoisotopic (exact) mass is 688 g/mol. The number of rotatable bonds is 13. The van der Waals surface area contributed by atoms with Crippen molar-refractivity contribution in [2.45, 2.75) is 134 Å². The summed E-state index contributed by atoms with van der Waals surface area (Å²) in [6, 6.07) is 8.02. The van der Waals surface area contributed by atoms with E-state index in [0.717, 1.165) is 43.1 Å². The van der Waals surface area contributed by atoms with E-state index in [1.165, 1.54) is 48.1 Å². The second kappa shape index (κ2) is 25.4. The summed E-state index contributed by atoms with van der Waals surface area (Å²) in [7, 11) is 0. The minimum Gasteiger partial charge on any atom is -0.444 e. The molecule has 0 saturated carbocycles. The molecule has 6 nitrogen and oxygen atoms in total. The third-order valence-corrected chi connectivity index (χ3v) is 8.51. The molecule has 274 valence electrons. The molecular weight excluding hydrogens is 618 g/mol. The number of hydrogen-bond acceptors (Lipinski definition) is 5. The second-order valence-corrected chi connectivity index (χ2v) is 14.2. The number of aliphatic imine (C=N–C) groups is 1. The average molecular weight is 688 g/mol. The SMILES string of the molecule is CCCCC(C)CO.CCCc1cccc(Cl)c1.C\C=C(C(/C(C)=N/C=C/CC)=C(/C)N1CCN(C(=O)OC(C)(C)C)CC1)\C(C)CC. The van der Waals surface area contributed by atoms with Crippen LogP contribution in [0.4, 0.5) is 4.79 Å². The number of carbonyl (C=O) groups excluding carboxylic acids is 1. The number of allylic oxidation sites excluding steroid dienone is 5. The number of halogens is 1. The fourth-order valence-electron chi connectivity index (χ4n) is 5.24. The molecule has 1 amide bonds. The molecule has 2 atom stereocenters. The van der Waals surface area contributed by atoms with Gasteiger partial charge in [-0.2, -0.15) is 0 Å². The van der Waals surface area contributed by atoms with E-state index in [4.69, 9.17) is 26.4 Å². The Hall–Kier alpha value is -2.57. The van der Waals surface area contributed by atoms with E-state index in [1.54, 1.807) is 0 Å². The fraction of sp³-hybridized carbons (Fsp3) is 0.659. The molecule has 48 heavy (non-hydrogen) atoms. The van der Waals surface area contributed by atoms with Crippen LogP contribution in [0.25, 0.3) is 0 Å². The molecule has 0 spiro atoms. The minimum atomic E-state index is -0.464. The first-order chi connectivity index (χ1) is 22.7. The molecule has 1 saturated heterocycles. The number of aryl methyl sites for hydroxylation is 1. The standard InChI is InChI=1S/C25H43N3O2.C9H11Cl.C7H16O/c1-10-13-14-26-20(5)23(22(12-3)19(4)11-2)21(6)27-15-17-28(18-16-27)24(29)30-25(7,8)9;1-2-4-8-5-3-6-9(10)7-8;1-3-4-5-7(2)6-8/h12-14,19H,10-11,15-18H2,1-9H3;3,5-7H,2,4H2,1H3;7-8H,3-6H2,1-2H3/b14-13+,22-12-,23-21-,26-20+;;. The lowest BCUT2D eigenvalue weighted by atomic mass is 9.87. The van der Waals surface area contributed by atoms with E-state index in [0.29, 0.717) is 31.5 Å². The van der Waals surface area contributed by atoms with Crippen molar-refractivity contribution in [1.29, 1.82) is 0 Å². The van der Waals surface area contributed by atoms with Crippen molar-refractivity contribution in [3.05, 3.63) is 70.0 Å². The van der Waals surface area contributed by atoms with Gasteiger partial charge in [-0.3, -0.25) is 4.99 Å². The molecule has 1 aromatic carbocycles. The lowest BCUT2D eigenvalue weighted by Crippen LogP contribution is -2.49. The van der Waals surface area contributed by atoms with Crippen molar-refractivity contribution in [3.63, 3.8) is 0 Å². The Morgan fingerprint density at radius 2 is 1.67 bits per heavy atom. The van der Waals surface area contributed by atoms with Crippen molar-refractivity contribution >= 4 is 23.4 Å². The first-order valence-electron chi connectivity index (χ1n) is 18.3. The maximum Gasteiger partial charge on any atom is 0.410 e. The predicted octanol–water partition coefficient (Wildman–Crippen LogP) is 11.3. The quantitative estimate of drug-likeness (QED) is 0.166. The molecule has 0 aliphatic carbocycles. The van der Waals surface area contributed by atoms with E-state index in [9.17, 15) is 4.79 Å². The molecule has 0 aromatic heterocycles. The van der Waals surface area contributed by atoms with Crippen molar-refractivity contribution < 1.29 is 14.6 Å². The zero-order valence-corrected chi connectivity index (χ0v) is 33.4. The summed E-state index contributed by atoms with van der Waals surface area (Å²) >= 11 is 5.78. The van der Waals surface area contributed by atoms with E-state index < -0.39 is 5.60 Å². The Bertz CT molecular complexity index is 1160. The highest BCUT2D eigenvalue weighted by Crippen LogP contribution is 2.29. The summed E-state index contributed by atoms with van der Waals surface area (Å²) in [5, 5.41) is 9.40. The molecular formula is C41H70ClN3O3. The fourth-order valence-corrected chi connectivity index (χ4v) is 5.46. The Morgan fingerprint density at radius 3 is 2.15 bits per heavy atom. The Morgan fingerprint density at radius 1 is 1.04 bits per heavy atom. The predicted molar refractivity (Wildman–Crippen MR) is 209 cm³/mol. The van der Waals surface area contributed by atoms with Gasteiger partial charge in [0, 0.05) is 61.0 Å². The highest BCUT2D eigenvalue weighted by molar-refractivity contribution is 6.30. The Labute approximate surface area is 300 Å². The maximum atomic E-state index is 12.4. The normalized spacial score (nSPS) is 16.0. The molecule has 1 N–H and O–H groups in total. The van der Waals surface area contributed by atoms with Crippen LogP contribution in [0.3, 0.4) is 0 Å². The second-order valence-electron chi connectivity index (χ2n) is 13.8.